The first-order valence-corrected chi connectivity index (χ1v) is 7.37. The minimum atomic E-state index is 0.0679. The minimum absolute atomic E-state index is 0.0679. The fourth-order valence-corrected chi connectivity index (χ4v) is 3.40. The lowest BCUT2D eigenvalue weighted by Gasteiger charge is -2.23. The van der Waals surface area contributed by atoms with Crippen LogP contribution >= 0.6 is 11.3 Å². The van der Waals surface area contributed by atoms with Crippen LogP contribution < -0.4 is 10.1 Å². The van der Waals surface area contributed by atoms with Crippen molar-refractivity contribution in [2.75, 3.05) is 11.9 Å². The third-order valence-corrected chi connectivity index (χ3v) is 4.33. The first-order valence-electron chi connectivity index (χ1n) is 6.49. The predicted octanol–water partition coefficient (Wildman–Crippen LogP) is 3.79. The zero-order valence-corrected chi connectivity index (χ0v) is 11.8. The lowest BCUT2D eigenvalue weighted by atomic mass is 9.90. The summed E-state index contributed by atoms with van der Waals surface area (Å²) in [6.07, 6.45) is 2.20. The molecule has 0 spiro atoms. The normalized spacial score (nSPS) is 17.2. The summed E-state index contributed by atoms with van der Waals surface area (Å²) in [5.41, 5.74) is 2.05. The smallest absolute Gasteiger partial charge is 0.225 e. The van der Waals surface area contributed by atoms with E-state index in [1.807, 2.05) is 35.7 Å². The van der Waals surface area contributed by atoms with Crippen molar-refractivity contribution in [3.63, 3.8) is 0 Å². The molecule has 0 unspecified atom stereocenters. The molecule has 2 heterocycles. The van der Waals surface area contributed by atoms with Gasteiger partial charge < -0.3 is 10.1 Å². The molecule has 0 fully saturated rings. The van der Waals surface area contributed by atoms with Crippen molar-refractivity contribution < 1.29 is 9.53 Å². The van der Waals surface area contributed by atoms with Gasteiger partial charge in [-0.2, -0.15) is 0 Å². The quantitative estimate of drug-likeness (QED) is 0.868. The molecule has 102 valence electrons. The molecule has 1 aromatic carbocycles. The van der Waals surface area contributed by atoms with Crippen molar-refractivity contribution in [2.45, 2.75) is 12.3 Å². The molecule has 1 amide bonds. The van der Waals surface area contributed by atoms with Crippen molar-refractivity contribution >= 4 is 22.9 Å². The van der Waals surface area contributed by atoms with Crippen LogP contribution in [0.5, 0.6) is 5.75 Å². The molecule has 2 aromatic rings. The average Bonchev–Trinajstić information content (AvgIpc) is 2.92. The third-order valence-electron chi connectivity index (χ3n) is 3.30. The number of rotatable bonds is 4. The number of carbonyl (C=O) groups excluding carboxylic acids is 1. The van der Waals surface area contributed by atoms with Crippen LogP contribution in [0.15, 0.2) is 48.4 Å². The van der Waals surface area contributed by atoms with Crippen molar-refractivity contribution in [1.29, 1.82) is 0 Å². The third kappa shape index (κ3) is 2.47. The molecule has 0 saturated heterocycles. The SMILES string of the molecule is C=CCOc1cccc([C@H]2CC(=O)Nc3ccsc32)c1. The van der Waals surface area contributed by atoms with E-state index in [0.29, 0.717) is 13.0 Å². The summed E-state index contributed by atoms with van der Waals surface area (Å²) in [6, 6.07) is 9.91. The van der Waals surface area contributed by atoms with Crippen LogP contribution in [0.25, 0.3) is 0 Å². The largest absolute Gasteiger partial charge is 0.490 e. The number of anilines is 1. The zero-order valence-electron chi connectivity index (χ0n) is 11.0. The molecule has 0 bridgehead atoms. The van der Waals surface area contributed by atoms with E-state index in [2.05, 4.69) is 11.9 Å². The predicted molar refractivity (Wildman–Crippen MR) is 81.5 cm³/mol. The molecule has 1 N–H and O–H groups in total. The fraction of sp³-hybridized carbons (Fsp3) is 0.188. The second-order valence-electron chi connectivity index (χ2n) is 4.68. The number of benzene rings is 1. The minimum Gasteiger partial charge on any atom is -0.490 e. The van der Waals surface area contributed by atoms with Crippen LogP contribution in [0, 0.1) is 0 Å². The van der Waals surface area contributed by atoms with Crippen LogP contribution in [0.4, 0.5) is 5.69 Å². The zero-order chi connectivity index (χ0) is 13.9. The van der Waals surface area contributed by atoms with Gasteiger partial charge in [-0.3, -0.25) is 4.79 Å². The van der Waals surface area contributed by atoms with Gasteiger partial charge in [0.2, 0.25) is 5.91 Å². The van der Waals surface area contributed by atoms with Gasteiger partial charge in [-0.25, -0.2) is 0 Å². The van der Waals surface area contributed by atoms with E-state index in [1.54, 1.807) is 17.4 Å². The first kappa shape index (κ1) is 12.9. The molecule has 0 aliphatic carbocycles. The highest BCUT2D eigenvalue weighted by Crippen LogP contribution is 2.41. The topological polar surface area (TPSA) is 38.3 Å². The highest BCUT2D eigenvalue weighted by molar-refractivity contribution is 7.10. The number of amides is 1. The standard InChI is InChI=1S/C16H15NO2S/c1-2-7-19-12-5-3-4-11(9-12)13-10-15(18)17-14-6-8-20-16(13)14/h2-6,8-9,13H,1,7,10H2,(H,17,18)/t13-/m1/s1. The van der Waals surface area contributed by atoms with Crippen LogP contribution in [-0.2, 0) is 4.79 Å². The number of hydrogen-bond donors (Lipinski definition) is 1. The van der Waals surface area contributed by atoms with Crippen molar-refractivity contribution in [1.82, 2.24) is 0 Å². The van der Waals surface area contributed by atoms with Crippen molar-refractivity contribution in [2.24, 2.45) is 0 Å². The number of hydrogen-bond acceptors (Lipinski definition) is 3. The summed E-state index contributed by atoms with van der Waals surface area (Å²) in [5.74, 6) is 0.996. The number of ether oxygens (including phenoxy) is 1. The molecule has 3 nitrogen and oxygen atoms in total. The van der Waals surface area contributed by atoms with E-state index >= 15 is 0 Å². The Morgan fingerprint density at radius 1 is 1.45 bits per heavy atom. The second kappa shape index (κ2) is 5.51. The summed E-state index contributed by atoms with van der Waals surface area (Å²) < 4.78 is 5.57. The Morgan fingerprint density at radius 2 is 2.35 bits per heavy atom. The Labute approximate surface area is 121 Å². The number of fused-ring (bicyclic) bond motifs is 1. The van der Waals surface area contributed by atoms with E-state index in [4.69, 9.17) is 4.74 Å². The molecule has 0 radical (unpaired) electrons. The summed E-state index contributed by atoms with van der Waals surface area (Å²) >= 11 is 1.68. The summed E-state index contributed by atoms with van der Waals surface area (Å²) in [4.78, 5) is 13.0. The van der Waals surface area contributed by atoms with E-state index in [9.17, 15) is 4.79 Å². The Morgan fingerprint density at radius 3 is 3.20 bits per heavy atom. The van der Waals surface area contributed by atoms with Gasteiger partial charge in [0.05, 0.1) is 5.69 Å². The van der Waals surface area contributed by atoms with Gasteiger partial charge in [0.25, 0.3) is 0 Å². The molecule has 1 aliphatic heterocycles. The van der Waals surface area contributed by atoms with Gasteiger partial charge in [0.15, 0.2) is 0 Å². The Balaban J connectivity index is 1.93. The molecule has 3 rings (SSSR count). The monoisotopic (exact) mass is 285 g/mol. The molecule has 20 heavy (non-hydrogen) atoms. The molecule has 0 saturated carbocycles. The van der Waals surface area contributed by atoms with Crippen LogP contribution in [0.1, 0.15) is 22.8 Å². The maximum Gasteiger partial charge on any atom is 0.225 e. The van der Waals surface area contributed by atoms with Gasteiger partial charge in [0.1, 0.15) is 12.4 Å². The Hall–Kier alpha value is -2.07. The molecule has 1 aromatic heterocycles. The Bertz CT molecular complexity index is 647. The Kier molecular flexibility index (Phi) is 3.56. The number of carbonyl (C=O) groups is 1. The summed E-state index contributed by atoms with van der Waals surface area (Å²) in [6.45, 7) is 4.13. The number of nitrogens with one attached hydrogen (secondary N) is 1. The van der Waals surface area contributed by atoms with Crippen molar-refractivity contribution in [3.8, 4) is 5.75 Å². The van der Waals surface area contributed by atoms with Gasteiger partial charge in [-0.1, -0.05) is 24.8 Å². The molecular weight excluding hydrogens is 270 g/mol. The van der Waals surface area contributed by atoms with Crippen LogP contribution in [0.2, 0.25) is 0 Å². The van der Waals surface area contributed by atoms with Crippen molar-refractivity contribution in [3.05, 3.63) is 58.8 Å². The van der Waals surface area contributed by atoms with E-state index in [1.165, 1.54) is 4.88 Å². The van der Waals surface area contributed by atoms with E-state index in [-0.39, 0.29) is 11.8 Å². The highest BCUT2D eigenvalue weighted by Gasteiger charge is 2.27. The summed E-state index contributed by atoms with van der Waals surface area (Å²) in [7, 11) is 0. The fourth-order valence-electron chi connectivity index (χ4n) is 2.42. The molecular formula is C16H15NO2S. The summed E-state index contributed by atoms with van der Waals surface area (Å²) in [5, 5.41) is 4.93. The van der Waals surface area contributed by atoms with Gasteiger partial charge in [-0.15, -0.1) is 11.3 Å². The van der Waals surface area contributed by atoms with Crippen LogP contribution in [-0.4, -0.2) is 12.5 Å². The average molecular weight is 285 g/mol. The van der Waals surface area contributed by atoms with E-state index in [0.717, 1.165) is 17.0 Å². The first-order chi connectivity index (χ1) is 9.78. The maximum absolute atomic E-state index is 11.8. The van der Waals surface area contributed by atoms with Gasteiger partial charge in [-0.05, 0) is 29.1 Å². The van der Waals surface area contributed by atoms with Crippen LogP contribution in [0.3, 0.4) is 0 Å². The highest BCUT2D eigenvalue weighted by atomic mass is 32.1. The second-order valence-corrected chi connectivity index (χ2v) is 5.62. The van der Waals surface area contributed by atoms with E-state index < -0.39 is 0 Å². The molecule has 4 heteroatoms. The molecule has 1 atom stereocenters. The maximum atomic E-state index is 11.8. The lowest BCUT2D eigenvalue weighted by molar-refractivity contribution is -0.116. The van der Waals surface area contributed by atoms with Gasteiger partial charge in [0, 0.05) is 17.2 Å². The lowest BCUT2D eigenvalue weighted by Crippen LogP contribution is -2.21. The molecule has 1 aliphatic rings. The number of thiophene rings is 1. The van der Waals surface area contributed by atoms with Gasteiger partial charge >= 0.3 is 0 Å².